The number of anilines is 1. The zero-order valence-electron chi connectivity index (χ0n) is 22.7. The van der Waals surface area contributed by atoms with E-state index in [1.165, 1.54) is 12.1 Å². The molecular weight excluding hydrogens is 559 g/mol. The Kier molecular flexibility index (Phi) is 9.81. The number of benzene rings is 3. The van der Waals surface area contributed by atoms with Gasteiger partial charge in [0.05, 0.1) is 29.4 Å². The summed E-state index contributed by atoms with van der Waals surface area (Å²) >= 11 is 0. The van der Waals surface area contributed by atoms with Crippen LogP contribution >= 0.6 is 0 Å². The van der Waals surface area contributed by atoms with Crippen LogP contribution in [0.1, 0.15) is 18.9 Å². The number of rotatable bonds is 11. The van der Waals surface area contributed by atoms with E-state index in [0.29, 0.717) is 29.5 Å². The fourth-order valence-corrected chi connectivity index (χ4v) is 5.88. The number of hydrogen-bond donors (Lipinski definition) is 2. The van der Waals surface area contributed by atoms with Gasteiger partial charge in [0.2, 0.25) is 0 Å². The van der Waals surface area contributed by atoms with E-state index in [2.05, 4.69) is 10.2 Å². The van der Waals surface area contributed by atoms with Crippen molar-refractivity contribution >= 4 is 27.1 Å². The first-order valence-electron chi connectivity index (χ1n) is 12.5. The number of nitrogens with zero attached hydrogens (tertiary/aromatic N) is 2. The summed E-state index contributed by atoms with van der Waals surface area (Å²) in [6.45, 7) is 9.08. The number of para-hydroxylation sites is 1. The van der Waals surface area contributed by atoms with Gasteiger partial charge in [-0.2, -0.15) is 13.2 Å². The van der Waals surface area contributed by atoms with Crippen LogP contribution in [-0.2, 0) is 20.8 Å². The Morgan fingerprint density at radius 3 is 2.32 bits per heavy atom. The number of sulfone groups is 1. The monoisotopic (exact) mass is 589 g/mol. The fourth-order valence-electron chi connectivity index (χ4n) is 4.06. The van der Waals surface area contributed by atoms with E-state index in [1.54, 1.807) is 36.4 Å². The first-order chi connectivity index (χ1) is 19.2. The first kappa shape index (κ1) is 31.6. The molecule has 3 aromatic rings. The second-order valence-electron chi connectivity index (χ2n) is 9.83. The summed E-state index contributed by atoms with van der Waals surface area (Å²) in [4.78, 5) is 17.6. The molecule has 0 aliphatic heterocycles. The lowest BCUT2D eigenvalue weighted by molar-refractivity contribution is -0.137. The minimum absolute atomic E-state index is 0.154. The van der Waals surface area contributed by atoms with E-state index in [-0.39, 0.29) is 10.6 Å². The minimum atomic E-state index is -4.86. The summed E-state index contributed by atoms with van der Waals surface area (Å²) in [6.07, 6.45) is -4.12. The van der Waals surface area contributed by atoms with Crippen LogP contribution in [0, 0.1) is 6.57 Å². The van der Waals surface area contributed by atoms with Crippen LogP contribution in [0.3, 0.4) is 0 Å². The van der Waals surface area contributed by atoms with Crippen molar-refractivity contribution in [3.63, 3.8) is 0 Å². The highest BCUT2D eigenvalue weighted by molar-refractivity contribution is 7.91. The molecular formula is C29H30F3N3O5S. The lowest BCUT2D eigenvalue weighted by atomic mass is 10.0. The van der Waals surface area contributed by atoms with E-state index >= 15 is 0 Å². The summed E-state index contributed by atoms with van der Waals surface area (Å²) < 4.78 is 73.0. The van der Waals surface area contributed by atoms with E-state index in [0.717, 1.165) is 32.0 Å². The highest BCUT2D eigenvalue weighted by Gasteiger charge is 2.39. The van der Waals surface area contributed by atoms with Crippen molar-refractivity contribution in [2.24, 2.45) is 0 Å². The Morgan fingerprint density at radius 1 is 1.05 bits per heavy atom. The third kappa shape index (κ3) is 8.07. The number of aliphatic hydroxyl groups is 1. The molecule has 0 radical (unpaired) electrons. The Morgan fingerprint density at radius 2 is 1.68 bits per heavy atom. The summed E-state index contributed by atoms with van der Waals surface area (Å²) in [5.74, 6) is -1.82. The molecule has 0 saturated heterocycles. The van der Waals surface area contributed by atoms with Gasteiger partial charge >= 0.3 is 6.18 Å². The summed E-state index contributed by atoms with van der Waals surface area (Å²) in [7, 11) is -0.442. The van der Waals surface area contributed by atoms with Crippen molar-refractivity contribution in [1.29, 1.82) is 0 Å². The first-order valence-corrected chi connectivity index (χ1v) is 14.1. The van der Waals surface area contributed by atoms with Crippen molar-refractivity contribution in [3.8, 4) is 16.9 Å². The molecule has 0 aliphatic rings. The maximum Gasteiger partial charge on any atom is 0.407 e. The Bertz CT molecular complexity index is 1550. The van der Waals surface area contributed by atoms with E-state index < -0.39 is 44.5 Å². The Hall–Kier alpha value is -3.92. The average molecular weight is 590 g/mol. The van der Waals surface area contributed by atoms with Gasteiger partial charge in [-0.3, -0.25) is 4.79 Å². The molecule has 8 nitrogen and oxygen atoms in total. The third-order valence-corrected chi connectivity index (χ3v) is 8.02. The van der Waals surface area contributed by atoms with Crippen molar-refractivity contribution in [3.05, 3.63) is 83.7 Å². The van der Waals surface area contributed by atoms with Crippen LogP contribution in [0.25, 0.3) is 16.0 Å². The molecule has 3 rings (SSSR count). The number of nitrogens with one attached hydrogen (secondary N) is 1. The van der Waals surface area contributed by atoms with Gasteiger partial charge in [0.1, 0.15) is 5.75 Å². The molecule has 12 heteroatoms. The van der Waals surface area contributed by atoms with Crippen LogP contribution in [-0.4, -0.2) is 62.9 Å². The summed E-state index contributed by atoms with van der Waals surface area (Å²) in [5.41, 5.74) is -4.01. The minimum Gasteiger partial charge on any atom is -0.493 e. The number of halogens is 3. The number of carbonyl (C=O) groups is 1. The Labute approximate surface area is 237 Å². The van der Waals surface area contributed by atoms with Gasteiger partial charge in [-0.15, -0.1) is 0 Å². The maximum absolute atomic E-state index is 13.5. The quantitative estimate of drug-likeness (QED) is 0.229. The predicted molar refractivity (Wildman–Crippen MR) is 150 cm³/mol. The van der Waals surface area contributed by atoms with Gasteiger partial charge in [0.15, 0.2) is 21.1 Å². The van der Waals surface area contributed by atoms with E-state index in [9.17, 15) is 31.5 Å². The molecule has 3 aromatic carbocycles. The van der Waals surface area contributed by atoms with Gasteiger partial charge < -0.3 is 20.1 Å². The highest BCUT2D eigenvalue weighted by Crippen LogP contribution is 2.39. The van der Waals surface area contributed by atoms with Gasteiger partial charge in [-0.05, 0) is 51.7 Å². The van der Waals surface area contributed by atoms with Gasteiger partial charge in [-0.1, -0.05) is 42.5 Å². The summed E-state index contributed by atoms with van der Waals surface area (Å²) in [5, 5.41) is 13.0. The number of amides is 1. The molecule has 0 spiro atoms. The molecule has 0 aromatic heterocycles. The molecule has 1 atom stereocenters. The molecule has 0 heterocycles. The zero-order valence-corrected chi connectivity index (χ0v) is 23.5. The Balaban J connectivity index is 1.87. The van der Waals surface area contributed by atoms with Gasteiger partial charge in [0, 0.05) is 23.4 Å². The fraction of sp³-hybridized carbons (Fsp3) is 0.310. The van der Waals surface area contributed by atoms with Crippen molar-refractivity contribution < 1.29 is 36.2 Å². The van der Waals surface area contributed by atoms with Gasteiger partial charge in [0.25, 0.3) is 5.91 Å². The van der Waals surface area contributed by atoms with Crippen molar-refractivity contribution in [2.75, 3.05) is 38.3 Å². The van der Waals surface area contributed by atoms with Crippen molar-refractivity contribution in [1.82, 2.24) is 4.90 Å². The topological polar surface area (TPSA) is 100 Å². The second kappa shape index (κ2) is 12.7. The molecule has 0 bridgehead atoms. The molecule has 0 aliphatic carbocycles. The molecule has 41 heavy (non-hydrogen) atoms. The smallest absolute Gasteiger partial charge is 0.407 e. The molecule has 2 N–H and O–H groups in total. The second-order valence-corrected chi connectivity index (χ2v) is 11.8. The van der Waals surface area contributed by atoms with Crippen molar-refractivity contribution in [2.45, 2.75) is 30.0 Å². The largest absolute Gasteiger partial charge is 0.493 e. The number of hydrogen-bond acceptors (Lipinski definition) is 6. The van der Waals surface area contributed by atoms with Crippen LogP contribution < -0.4 is 10.1 Å². The van der Waals surface area contributed by atoms with E-state index in [4.69, 9.17) is 11.3 Å². The maximum atomic E-state index is 13.5. The molecule has 1 unspecified atom stereocenters. The lowest BCUT2D eigenvalue weighted by Gasteiger charge is -2.23. The standard InChI is InChI=1S/C29H30F3N3O5S/c1-28(37,27(36)34-20-14-15-24(33-2)23(18-20)29(30,31)32)19-41(38,39)26-13-8-6-11-22(26)21-10-5-7-12-25(21)40-17-9-16-35(3)4/h5-8,10-15,18,37H,9,16-17,19H2,1,3-4H3,(H,34,36). The SMILES string of the molecule is [C-]#[N+]c1ccc(NC(=O)C(C)(O)CS(=O)(=O)c2ccccc2-c2ccccc2OCCCN(C)C)cc1C(F)(F)F. The van der Waals surface area contributed by atoms with Gasteiger partial charge in [-0.25, -0.2) is 13.3 Å². The number of carbonyl (C=O) groups excluding carboxylic acids is 1. The molecule has 218 valence electrons. The van der Waals surface area contributed by atoms with Crippen LogP contribution in [0.4, 0.5) is 24.5 Å². The lowest BCUT2D eigenvalue weighted by Crippen LogP contribution is -2.45. The molecule has 0 saturated carbocycles. The number of alkyl halides is 3. The predicted octanol–water partition coefficient (Wildman–Crippen LogP) is 5.42. The zero-order chi connectivity index (χ0) is 30.4. The third-order valence-electron chi connectivity index (χ3n) is 6.05. The van der Waals surface area contributed by atoms with E-state index in [1.807, 2.05) is 19.0 Å². The molecule has 0 fully saturated rings. The highest BCUT2D eigenvalue weighted by atomic mass is 32.2. The number of ether oxygens (including phenoxy) is 1. The summed E-state index contributed by atoms with van der Waals surface area (Å²) in [6, 6.07) is 15.5. The van der Waals surface area contributed by atoms with Crippen LogP contribution in [0.5, 0.6) is 5.75 Å². The average Bonchev–Trinajstić information content (AvgIpc) is 2.90. The molecule has 1 amide bonds. The normalized spacial score (nSPS) is 13.3. The van der Waals surface area contributed by atoms with Crippen LogP contribution in [0.15, 0.2) is 71.6 Å². The van der Waals surface area contributed by atoms with Crippen LogP contribution in [0.2, 0.25) is 0 Å².